The smallest absolute Gasteiger partial charge is 0.322 e. The molecular weight excluding hydrogens is 324 g/mol. The number of urea groups is 1. The Labute approximate surface area is 153 Å². The summed E-state index contributed by atoms with van der Waals surface area (Å²) in [5, 5.41) is 3.02. The number of hydrogen-bond donors (Lipinski definition) is 1. The van der Waals surface area contributed by atoms with Gasteiger partial charge < -0.3 is 9.88 Å². The predicted molar refractivity (Wildman–Crippen MR) is 102 cm³/mol. The van der Waals surface area contributed by atoms with Gasteiger partial charge in [-0.05, 0) is 17.2 Å². The van der Waals surface area contributed by atoms with E-state index in [1.807, 2.05) is 47.5 Å². The number of amides is 2. The first-order valence-electron chi connectivity index (χ1n) is 8.90. The highest BCUT2D eigenvalue weighted by molar-refractivity contribution is 5.94. The third-order valence-electron chi connectivity index (χ3n) is 4.86. The van der Waals surface area contributed by atoms with E-state index in [-0.39, 0.29) is 6.03 Å². The van der Waals surface area contributed by atoms with E-state index in [2.05, 4.69) is 40.0 Å². The van der Waals surface area contributed by atoms with Gasteiger partial charge in [0.2, 0.25) is 0 Å². The lowest BCUT2D eigenvalue weighted by molar-refractivity contribution is 0.246. The molecule has 3 aromatic rings. The number of fused-ring (bicyclic) bond motifs is 1. The number of carbonyl (C=O) groups is 1. The lowest BCUT2D eigenvalue weighted by Gasteiger charge is -2.18. The number of imidazole rings is 1. The molecule has 5 nitrogen and oxygen atoms in total. The zero-order chi connectivity index (χ0) is 17.9. The second kappa shape index (κ2) is 7.04. The van der Waals surface area contributed by atoms with Crippen molar-refractivity contribution < 1.29 is 4.79 Å². The summed E-state index contributed by atoms with van der Waals surface area (Å²) in [7, 11) is 0. The molecule has 2 aromatic carbocycles. The van der Waals surface area contributed by atoms with E-state index in [9.17, 15) is 4.79 Å². The molecule has 5 heteroatoms. The molecule has 1 N–H and O–H groups in total. The van der Waals surface area contributed by atoms with Gasteiger partial charge in [-0.15, -0.1) is 0 Å². The maximum Gasteiger partial charge on any atom is 0.322 e. The maximum absolute atomic E-state index is 12.7. The molecule has 0 saturated carbocycles. The SMILES string of the molecule is C[C@H]1CN(C(=O)NCc2nccn2Cc2ccccc2)c2ccccc21. The van der Waals surface area contributed by atoms with Gasteiger partial charge in [-0.25, -0.2) is 9.78 Å². The van der Waals surface area contributed by atoms with Gasteiger partial charge in [0.15, 0.2) is 0 Å². The van der Waals surface area contributed by atoms with E-state index >= 15 is 0 Å². The summed E-state index contributed by atoms with van der Waals surface area (Å²) in [5.74, 6) is 1.21. The highest BCUT2D eigenvalue weighted by Crippen LogP contribution is 2.35. The van der Waals surface area contributed by atoms with Crippen molar-refractivity contribution in [3.05, 3.63) is 83.9 Å². The van der Waals surface area contributed by atoms with Crippen LogP contribution in [0.15, 0.2) is 67.0 Å². The van der Waals surface area contributed by atoms with E-state index in [0.717, 1.165) is 18.1 Å². The van der Waals surface area contributed by atoms with Gasteiger partial charge in [0.25, 0.3) is 0 Å². The van der Waals surface area contributed by atoms with Crippen LogP contribution in [0.1, 0.15) is 29.8 Å². The molecule has 0 aliphatic carbocycles. The standard InChI is InChI=1S/C21H22N4O/c1-16-14-25(19-10-6-5-9-18(16)19)21(26)23-13-20-22-11-12-24(20)15-17-7-3-2-4-8-17/h2-12,16H,13-15H2,1H3,(H,23,26)/t16-/m0/s1. The van der Waals surface area contributed by atoms with Crippen LogP contribution in [0.3, 0.4) is 0 Å². The van der Waals surface area contributed by atoms with Crippen molar-refractivity contribution >= 4 is 11.7 Å². The first kappa shape index (κ1) is 16.4. The van der Waals surface area contributed by atoms with Gasteiger partial charge in [-0.1, -0.05) is 55.5 Å². The Morgan fingerprint density at radius 3 is 2.77 bits per heavy atom. The van der Waals surface area contributed by atoms with Crippen LogP contribution in [0.5, 0.6) is 0 Å². The molecule has 0 fully saturated rings. The number of carbonyl (C=O) groups excluding carboxylic acids is 1. The fraction of sp³-hybridized carbons (Fsp3) is 0.238. The minimum atomic E-state index is -0.0731. The van der Waals surface area contributed by atoms with Gasteiger partial charge in [0.1, 0.15) is 5.82 Å². The summed E-state index contributed by atoms with van der Waals surface area (Å²) < 4.78 is 2.07. The Bertz CT molecular complexity index is 903. The largest absolute Gasteiger partial charge is 0.330 e. The number of nitrogens with zero attached hydrogens (tertiary/aromatic N) is 3. The molecule has 1 aliphatic heterocycles. The van der Waals surface area contributed by atoms with Crippen LogP contribution in [0.2, 0.25) is 0 Å². The molecule has 4 rings (SSSR count). The topological polar surface area (TPSA) is 50.2 Å². The van der Waals surface area contributed by atoms with Crippen LogP contribution >= 0.6 is 0 Å². The number of rotatable bonds is 4. The zero-order valence-corrected chi connectivity index (χ0v) is 14.8. The number of nitrogens with one attached hydrogen (secondary N) is 1. The number of aromatic nitrogens is 2. The fourth-order valence-electron chi connectivity index (χ4n) is 3.49. The van der Waals surface area contributed by atoms with E-state index in [4.69, 9.17) is 0 Å². The Kier molecular flexibility index (Phi) is 4.44. The van der Waals surface area contributed by atoms with Gasteiger partial charge >= 0.3 is 6.03 Å². The first-order chi connectivity index (χ1) is 12.7. The van der Waals surface area contributed by atoms with Crippen LogP contribution in [-0.2, 0) is 13.1 Å². The Hall–Kier alpha value is -3.08. The summed E-state index contributed by atoms with van der Waals surface area (Å²) in [6.45, 7) is 4.02. The molecule has 1 atom stereocenters. The maximum atomic E-state index is 12.7. The van der Waals surface area contributed by atoms with Crippen LogP contribution in [0.4, 0.5) is 10.5 Å². The molecular formula is C21H22N4O. The van der Waals surface area contributed by atoms with Crippen LogP contribution < -0.4 is 10.2 Å². The second-order valence-electron chi connectivity index (χ2n) is 6.69. The second-order valence-corrected chi connectivity index (χ2v) is 6.69. The molecule has 0 bridgehead atoms. The Morgan fingerprint density at radius 2 is 1.92 bits per heavy atom. The minimum absolute atomic E-state index is 0.0731. The van der Waals surface area contributed by atoms with Gasteiger partial charge in [0.05, 0.1) is 6.54 Å². The summed E-state index contributed by atoms with van der Waals surface area (Å²) in [5.41, 5.74) is 3.44. The monoisotopic (exact) mass is 346 g/mol. The van der Waals surface area contributed by atoms with E-state index in [1.54, 1.807) is 6.20 Å². The number of anilines is 1. The van der Waals surface area contributed by atoms with E-state index in [0.29, 0.717) is 19.0 Å². The molecule has 2 heterocycles. The Balaban J connectivity index is 1.43. The first-order valence-corrected chi connectivity index (χ1v) is 8.90. The van der Waals surface area contributed by atoms with Crippen molar-refractivity contribution in [2.45, 2.75) is 25.9 Å². The highest BCUT2D eigenvalue weighted by Gasteiger charge is 2.29. The third kappa shape index (κ3) is 3.20. The van der Waals surface area contributed by atoms with E-state index in [1.165, 1.54) is 11.1 Å². The van der Waals surface area contributed by atoms with E-state index < -0.39 is 0 Å². The van der Waals surface area contributed by atoms with Crippen molar-refractivity contribution in [2.75, 3.05) is 11.4 Å². The third-order valence-corrected chi connectivity index (χ3v) is 4.86. The number of benzene rings is 2. The molecule has 0 saturated heterocycles. The molecule has 0 unspecified atom stereocenters. The molecule has 1 aromatic heterocycles. The average Bonchev–Trinajstić information content (AvgIpc) is 3.25. The predicted octanol–water partition coefficient (Wildman–Crippen LogP) is 3.76. The van der Waals surface area contributed by atoms with Gasteiger partial charge in [-0.3, -0.25) is 4.90 Å². The van der Waals surface area contributed by atoms with Crippen LogP contribution in [0.25, 0.3) is 0 Å². The van der Waals surface area contributed by atoms with Crippen molar-refractivity contribution in [3.63, 3.8) is 0 Å². The van der Waals surface area contributed by atoms with Gasteiger partial charge in [-0.2, -0.15) is 0 Å². The molecule has 1 aliphatic rings. The Morgan fingerprint density at radius 1 is 1.15 bits per heavy atom. The highest BCUT2D eigenvalue weighted by atomic mass is 16.2. The van der Waals surface area contributed by atoms with Gasteiger partial charge in [0, 0.05) is 37.1 Å². The lowest BCUT2D eigenvalue weighted by Crippen LogP contribution is -2.39. The van der Waals surface area contributed by atoms with Crippen molar-refractivity contribution in [3.8, 4) is 0 Å². The summed E-state index contributed by atoms with van der Waals surface area (Å²) >= 11 is 0. The van der Waals surface area contributed by atoms with Crippen molar-refractivity contribution in [1.82, 2.24) is 14.9 Å². The molecule has 2 amide bonds. The van der Waals surface area contributed by atoms with Crippen molar-refractivity contribution in [2.24, 2.45) is 0 Å². The van der Waals surface area contributed by atoms with Crippen LogP contribution in [-0.4, -0.2) is 22.1 Å². The molecule has 0 radical (unpaired) electrons. The number of para-hydroxylation sites is 1. The van der Waals surface area contributed by atoms with Crippen LogP contribution in [0, 0.1) is 0 Å². The van der Waals surface area contributed by atoms with Crippen molar-refractivity contribution in [1.29, 1.82) is 0 Å². The molecule has 0 spiro atoms. The quantitative estimate of drug-likeness (QED) is 0.782. The lowest BCUT2D eigenvalue weighted by atomic mass is 10.0. The fourth-order valence-corrected chi connectivity index (χ4v) is 3.49. The normalized spacial score (nSPS) is 15.7. The molecule has 26 heavy (non-hydrogen) atoms. The summed E-state index contributed by atoms with van der Waals surface area (Å²) in [6.07, 6.45) is 3.72. The number of hydrogen-bond acceptors (Lipinski definition) is 2. The summed E-state index contributed by atoms with van der Waals surface area (Å²) in [4.78, 5) is 18.9. The average molecular weight is 346 g/mol. The molecule has 132 valence electrons. The zero-order valence-electron chi connectivity index (χ0n) is 14.8. The minimum Gasteiger partial charge on any atom is -0.330 e. The summed E-state index contributed by atoms with van der Waals surface area (Å²) in [6, 6.07) is 18.3.